The van der Waals surface area contributed by atoms with E-state index in [1.165, 1.54) is 16.6 Å². The van der Waals surface area contributed by atoms with Gasteiger partial charge in [-0.2, -0.15) is 4.31 Å². The molecule has 4 rings (SSSR count). The number of aryl methyl sites for hydroxylation is 1. The number of sulfonamides is 1. The average molecular weight is 354 g/mol. The Morgan fingerprint density at radius 3 is 2.24 bits per heavy atom. The predicted octanol–water partition coefficient (Wildman–Crippen LogP) is 3.75. The summed E-state index contributed by atoms with van der Waals surface area (Å²) in [4.78, 5) is 0.387. The van der Waals surface area contributed by atoms with Gasteiger partial charge in [0.1, 0.15) is 0 Å². The number of hydrogen-bond acceptors (Lipinski definition) is 2. The summed E-state index contributed by atoms with van der Waals surface area (Å²) in [6.07, 6.45) is 1.71. The first-order valence-electron chi connectivity index (χ1n) is 8.67. The van der Waals surface area contributed by atoms with Gasteiger partial charge >= 0.3 is 0 Å². The largest absolute Gasteiger partial charge is 0.347 e. The summed E-state index contributed by atoms with van der Waals surface area (Å²) in [6.45, 7) is 1.15. The van der Waals surface area contributed by atoms with Gasteiger partial charge < -0.3 is 4.57 Å². The molecule has 1 aliphatic heterocycles. The Hall–Kier alpha value is -2.11. The highest BCUT2D eigenvalue weighted by Gasteiger charge is 2.30. The molecule has 0 aliphatic carbocycles. The van der Waals surface area contributed by atoms with E-state index < -0.39 is 10.0 Å². The van der Waals surface area contributed by atoms with Crippen molar-refractivity contribution < 1.29 is 8.42 Å². The van der Waals surface area contributed by atoms with Crippen molar-refractivity contribution >= 4 is 20.9 Å². The monoisotopic (exact) mass is 354 g/mol. The molecule has 2 aromatic carbocycles. The van der Waals surface area contributed by atoms with Crippen LogP contribution in [-0.2, 0) is 17.1 Å². The fourth-order valence-electron chi connectivity index (χ4n) is 3.84. The van der Waals surface area contributed by atoms with Crippen molar-refractivity contribution in [3.63, 3.8) is 0 Å². The Labute approximate surface area is 148 Å². The van der Waals surface area contributed by atoms with Gasteiger partial charge in [0.05, 0.1) is 4.90 Å². The molecule has 0 radical (unpaired) electrons. The molecule has 3 aromatic rings. The van der Waals surface area contributed by atoms with Gasteiger partial charge in [0.15, 0.2) is 0 Å². The Bertz CT molecular complexity index is 985. The number of aromatic nitrogens is 1. The molecule has 4 nitrogen and oxygen atoms in total. The van der Waals surface area contributed by atoms with E-state index in [9.17, 15) is 8.42 Å². The Kier molecular flexibility index (Phi) is 4.13. The molecule has 2 heterocycles. The van der Waals surface area contributed by atoms with Crippen LogP contribution in [0.3, 0.4) is 0 Å². The first kappa shape index (κ1) is 16.4. The van der Waals surface area contributed by atoms with Crippen molar-refractivity contribution in [1.29, 1.82) is 0 Å². The zero-order valence-electron chi connectivity index (χ0n) is 14.3. The Morgan fingerprint density at radius 2 is 1.56 bits per heavy atom. The molecule has 1 saturated heterocycles. The van der Waals surface area contributed by atoms with Gasteiger partial charge in [-0.1, -0.05) is 36.4 Å². The molecule has 0 atom stereocenters. The summed E-state index contributed by atoms with van der Waals surface area (Å²) in [5.41, 5.74) is 2.54. The van der Waals surface area contributed by atoms with Crippen molar-refractivity contribution in [3.8, 4) is 0 Å². The van der Waals surface area contributed by atoms with Crippen LogP contribution in [0.25, 0.3) is 10.9 Å². The molecule has 0 amide bonds. The van der Waals surface area contributed by atoms with E-state index >= 15 is 0 Å². The normalized spacial score (nSPS) is 17.2. The molecule has 1 aromatic heterocycles. The molecule has 0 N–H and O–H groups in total. The third kappa shape index (κ3) is 2.87. The van der Waals surface area contributed by atoms with Crippen LogP contribution in [0.2, 0.25) is 0 Å². The SMILES string of the molecule is Cn1c(C2CCN(S(=O)(=O)c3ccccc3)CC2)cc2ccccc21. The molecule has 1 aliphatic rings. The first-order chi connectivity index (χ1) is 12.1. The summed E-state index contributed by atoms with van der Waals surface area (Å²) in [5.74, 6) is 0.402. The van der Waals surface area contributed by atoms with Crippen LogP contribution >= 0.6 is 0 Å². The van der Waals surface area contributed by atoms with Crippen molar-refractivity contribution in [2.24, 2.45) is 7.05 Å². The lowest BCUT2D eigenvalue weighted by Gasteiger charge is -2.31. The Balaban J connectivity index is 1.54. The van der Waals surface area contributed by atoms with Crippen LogP contribution in [0.4, 0.5) is 0 Å². The molecule has 0 bridgehead atoms. The number of hydrogen-bond donors (Lipinski definition) is 0. The van der Waals surface area contributed by atoms with Gasteiger partial charge in [-0.25, -0.2) is 8.42 Å². The fourth-order valence-corrected chi connectivity index (χ4v) is 5.33. The fraction of sp³-hybridized carbons (Fsp3) is 0.300. The maximum atomic E-state index is 12.8. The van der Waals surface area contributed by atoms with E-state index in [1.807, 2.05) is 6.07 Å². The van der Waals surface area contributed by atoms with Crippen LogP contribution in [0, 0.1) is 0 Å². The highest BCUT2D eigenvalue weighted by molar-refractivity contribution is 7.89. The number of para-hydroxylation sites is 1. The van der Waals surface area contributed by atoms with E-state index in [1.54, 1.807) is 28.6 Å². The second kappa shape index (κ2) is 6.32. The van der Waals surface area contributed by atoms with Crippen LogP contribution in [0.5, 0.6) is 0 Å². The molecule has 25 heavy (non-hydrogen) atoms. The molecule has 130 valence electrons. The van der Waals surface area contributed by atoms with E-state index in [2.05, 4.69) is 41.9 Å². The highest BCUT2D eigenvalue weighted by Crippen LogP contribution is 2.33. The van der Waals surface area contributed by atoms with E-state index in [0.29, 0.717) is 23.9 Å². The number of nitrogens with zero attached hydrogens (tertiary/aromatic N) is 2. The minimum atomic E-state index is -3.38. The molecule has 1 fully saturated rings. The van der Waals surface area contributed by atoms with E-state index in [0.717, 1.165) is 12.8 Å². The summed E-state index contributed by atoms with van der Waals surface area (Å²) in [5, 5.41) is 1.25. The third-order valence-electron chi connectivity index (χ3n) is 5.24. The lowest BCUT2D eigenvalue weighted by atomic mass is 9.94. The minimum Gasteiger partial charge on any atom is -0.347 e. The lowest BCUT2D eigenvalue weighted by Crippen LogP contribution is -2.38. The van der Waals surface area contributed by atoms with Crippen molar-refractivity contribution in [3.05, 3.63) is 66.4 Å². The van der Waals surface area contributed by atoms with Crippen molar-refractivity contribution in [2.45, 2.75) is 23.7 Å². The van der Waals surface area contributed by atoms with E-state index in [-0.39, 0.29) is 0 Å². The predicted molar refractivity (Wildman–Crippen MR) is 100 cm³/mol. The number of piperidine rings is 1. The summed E-state index contributed by atoms with van der Waals surface area (Å²) >= 11 is 0. The summed E-state index contributed by atoms with van der Waals surface area (Å²) < 4.78 is 29.4. The van der Waals surface area contributed by atoms with Crippen molar-refractivity contribution in [1.82, 2.24) is 8.87 Å². The van der Waals surface area contributed by atoms with Crippen LogP contribution in [-0.4, -0.2) is 30.4 Å². The molecule has 0 saturated carbocycles. The third-order valence-corrected chi connectivity index (χ3v) is 7.15. The molecule has 0 unspecified atom stereocenters. The maximum Gasteiger partial charge on any atom is 0.243 e. The second-order valence-electron chi connectivity index (χ2n) is 6.68. The van der Waals surface area contributed by atoms with Gasteiger partial charge in [-0.05, 0) is 42.5 Å². The number of fused-ring (bicyclic) bond motifs is 1. The van der Waals surface area contributed by atoms with E-state index in [4.69, 9.17) is 0 Å². The van der Waals surface area contributed by atoms with Gasteiger partial charge in [0, 0.05) is 37.3 Å². The first-order valence-corrected chi connectivity index (χ1v) is 10.1. The highest BCUT2D eigenvalue weighted by atomic mass is 32.2. The van der Waals surface area contributed by atoms with Crippen LogP contribution < -0.4 is 0 Å². The van der Waals surface area contributed by atoms with Gasteiger partial charge in [0.25, 0.3) is 0 Å². The molecular weight excluding hydrogens is 332 g/mol. The maximum absolute atomic E-state index is 12.8. The minimum absolute atomic E-state index is 0.387. The lowest BCUT2D eigenvalue weighted by molar-refractivity contribution is 0.314. The van der Waals surface area contributed by atoms with Crippen LogP contribution in [0.1, 0.15) is 24.5 Å². The zero-order valence-corrected chi connectivity index (χ0v) is 15.1. The number of benzene rings is 2. The summed E-state index contributed by atoms with van der Waals surface area (Å²) in [6, 6.07) is 19.4. The standard InChI is InChI=1S/C20H22N2O2S/c1-21-19-10-6-5-7-17(19)15-20(21)16-11-13-22(14-12-16)25(23,24)18-8-3-2-4-9-18/h2-10,15-16H,11-14H2,1H3. The second-order valence-corrected chi connectivity index (χ2v) is 8.62. The smallest absolute Gasteiger partial charge is 0.243 e. The molecular formula is C20H22N2O2S. The Morgan fingerprint density at radius 1 is 0.920 bits per heavy atom. The quantitative estimate of drug-likeness (QED) is 0.719. The summed E-state index contributed by atoms with van der Waals surface area (Å²) in [7, 11) is -1.27. The molecule has 5 heteroatoms. The zero-order chi connectivity index (χ0) is 17.4. The average Bonchev–Trinajstić information content (AvgIpc) is 3.00. The van der Waals surface area contributed by atoms with Gasteiger partial charge in [-0.3, -0.25) is 0 Å². The van der Waals surface area contributed by atoms with Gasteiger partial charge in [-0.15, -0.1) is 0 Å². The van der Waals surface area contributed by atoms with Crippen LogP contribution in [0.15, 0.2) is 65.6 Å². The van der Waals surface area contributed by atoms with Gasteiger partial charge in [0.2, 0.25) is 10.0 Å². The topological polar surface area (TPSA) is 42.3 Å². The number of rotatable bonds is 3. The van der Waals surface area contributed by atoms with Crippen molar-refractivity contribution in [2.75, 3.05) is 13.1 Å². The molecule has 0 spiro atoms.